The van der Waals surface area contributed by atoms with Gasteiger partial charge in [0.05, 0.1) is 39.1 Å². The first-order chi connectivity index (χ1) is 21.2. The number of esters is 1. The largest absolute Gasteiger partial charge is 0.459 e. The van der Waals surface area contributed by atoms with Gasteiger partial charge in [0, 0.05) is 13.2 Å². The molecule has 1 heterocycles. The predicted octanol–water partition coefficient (Wildman–Crippen LogP) is 6.00. The van der Waals surface area contributed by atoms with Crippen LogP contribution >= 0.6 is 0 Å². The third-order valence-corrected chi connectivity index (χ3v) is 8.03. The highest BCUT2D eigenvalue weighted by Gasteiger charge is 2.43. The van der Waals surface area contributed by atoms with Gasteiger partial charge in [0.2, 0.25) is 0 Å². The SMILES string of the molecule is C[C@@H]1C(COCc2ccccc2)O[C@H](OCc2ccccc2)C(OCCN(CCCCCCO)CC(=O)OC(C)(C)C)[C@H]1C. The summed E-state index contributed by atoms with van der Waals surface area (Å²) in [6.07, 6.45) is 2.76. The van der Waals surface area contributed by atoms with E-state index in [1.807, 2.05) is 69.3 Å². The van der Waals surface area contributed by atoms with Crippen LogP contribution in [-0.4, -0.2) is 79.5 Å². The van der Waals surface area contributed by atoms with Crippen LogP contribution in [0.3, 0.4) is 0 Å². The fourth-order valence-corrected chi connectivity index (χ4v) is 5.38. The van der Waals surface area contributed by atoms with Crippen molar-refractivity contribution in [2.45, 2.75) is 97.6 Å². The van der Waals surface area contributed by atoms with E-state index in [9.17, 15) is 4.79 Å². The van der Waals surface area contributed by atoms with E-state index in [2.05, 4.69) is 30.9 Å². The summed E-state index contributed by atoms with van der Waals surface area (Å²) in [4.78, 5) is 14.8. The van der Waals surface area contributed by atoms with Gasteiger partial charge in [-0.3, -0.25) is 9.69 Å². The van der Waals surface area contributed by atoms with Crippen molar-refractivity contribution in [3.63, 3.8) is 0 Å². The molecule has 0 bridgehead atoms. The lowest BCUT2D eigenvalue weighted by molar-refractivity contribution is -0.290. The number of hydrogen-bond donors (Lipinski definition) is 1. The van der Waals surface area contributed by atoms with Gasteiger partial charge >= 0.3 is 5.97 Å². The molecule has 0 saturated carbocycles. The van der Waals surface area contributed by atoms with Gasteiger partial charge < -0.3 is 28.8 Å². The van der Waals surface area contributed by atoms with Crippen molar-refractivity contribution in [3.8, 4) is 0 Å². The minimum absolute atomic E-state index is 0.128. The van der Waals surface area contributed by atoms with Crippen molar-refractivity contribution in [3.05, 3.63) is 71.8 Å². The second-order valence-corrected chi connectivity index (χ2v) is 12.9. The summed E-state index contributed by atoms with van der Waals surface area (Å²) in [5.41, 5.74) is 1.67. The van der Waals surface area contributed by atoms with Crippen LogP contribution in [0.4, 0.5) is 0 Å². The van der Waals surface area contributed by atoms with E-state index in [1.165, 1.54) is 0 Å². The smallest absolute Gasteiger partial charge is 0.320 e. The Labute approximate surface area is 265 Å². The number of carbonyl (C=O) groups excluding carboxylic acids is 1. The fraction of sp³-hybridized carbons (Fsp3) is 0.639. The minimum atomic E-state index is -0.551. The number of carbonyl (C=O) groups is 1. The molecule has 0 amide bonds. The second kappa shape index (κ2) is 19.2. The van der Waals surface area contributed by atoms with Crippen molar-refractivity contribution < 1.29 is 33.6 Å². The summed E-state index contributed by atoms with van der Waals surface area (Å²) in [6, 6.07) is 20.2. The molecule has 5 atom stereocenters. The van der Waals surface area contributed by atoms with Crippen molar-refractivity contribution in [2.24, 2.45) is 11.8 Å². The van der Waals surface area contributed by atoms with E-state index >= 15 is 0 Å². The molecule has 0 spiro atoms. The average Bonchev–Trinajstić information content (AvgIpc) is 2.99. The Morgan fingerprint density at radius 2 is 1.48 bits per heavy atom. The molecular weight excluding hydrogens is 558 g/mol. The first-order valence-electron chi connectivity index (χ1n) is 16.3. The topological polar surface area (TPSA) is 86.7 Å². The number of benzene rings is 2. The van der Waals surface area contributed by atoms with E-state index < -0.39 is 11.9 Å². The Balaban J connectivity index is 1.61. The molecule has 0 radical (unpaired) electrons. The van der Waals surface area contributed by atoms with Gasteiger partial charge in [0.15, 0.2) is 6.29 Å². The molecule has 44 heavy (non-hydrogen) atoms. The Hall–Kier alpha value is -2.33. The summed E-state index contributed by atoms with van der Waals surface area (Å²) < 4.78 is 31.1. The van der Waals surface area contributed by atoms with Gasteiger partial charge in [-0.15, -0.1) is 0 Å². The third-order valence-electron chi connectivity index (χ3n) is 8.03. The first-order valence-corrected chi connectivity index (χ1v) is 16.3. The number of aliphatic hydroxyl groups excluding tert-OH is 1. The molecule has 1 N–H and O–H groups in total. The molecule has 1 aliphatic heterocycles. The van der Waals surface area contributed by atoms with Crippen molar-refractivity contribution in [1.82, 2.24) is 4.90 Å². The zero-order valence-electron chi connectivity index (χ0n) is 27.5. The summed E-state index contributed by atoms with van der Waals surface area (Å²) >= 11 is 0. The molecule has 2 unspecified atom stereocenters. The van der Waals surface area contributed by atoms with Crippen LogP contribution in [0.1, 0.15) is 71.4 Å². The molecule has 0 aromatic heterocycles. The van der Waals surface area contributed by atoms with Gasteiger partial charge in [-0.05, 0) is 63.1 Å². The quantitative estimate of drug-likeness (QED) is 0.153. The van der Waals surface area contributed by atoms with Crippen molar-refractivity contribution in [2.75, 3.05) is 39.5 Å². The van der Waals surface area contributed by atoms with Gasteiger partial charge in [-0.1, -0.05) is 87.4 Å². The van der Waals surface area contributed by atoms with E-state index in [0.717, 1.165) is 43.4 Å². The summed E-state index contributed by atoms with van der Waals surface area (Å²) in [5.74, 6) is 0.114. The maximum atomic E-state index is 12.7. The zero-order chi connectivity index (χ0) is 31.8. The molecule has 0 aliphatic carbocycles. The fourth-order valence-electron chi connectivity index (χ4n) is 5.38. The number of nitrogens with zero attached hydrogens (tertiary/aromatic N) is 1. The Morgan fingerprint density at radius 3 is 2.11 bits per heavy atom. The molecule has 3 rings (SSSR count). The van der Waals surface area contributed by atoms with Crippen LogP contribution in [0.2, 0.25) is 0 Å². The monoisotopic (exact) mass is 613 g/mol. The molecule has 2 aromatic rings. The van der Waals surface area contributed by atoms with Crippen LogP contribution in [0.5, 0.6) is 0 Å². The molecule has 1 aliphatic rings. The highest BCUT2D eigenvalue weighted by Crippen LogP contribution is 2.34. The second-order valence-electron chi connectivity index (χ2n) is 12.9. The van der Waals surface area contributed by atoms with Crippen molar-refractivity contribution in [1.29, 1.82) is 0 Å². The Bertz CT molecular complexity index is 1050. The maximum Gasteiger partial charge on any atom is 0.320 e. The lowest BCUT2D eigenvalue weighted by Crippen LogP contribution is -2.53. The van der Waals surface area contributed by atoms with Crippen molar-refractivity contribution >= 4 is 5.97 Å². The molecule has 2 aromatic carbocycles. The normalized spacial score (nSPS) is 22.3. The van der Waals surface area contributed by atoms with Gasteiger partial charge in [-0.25, -0.2) is 0 Å². The van der Waals surface area contributed by atoms with Gasteiger partial charge in [0.25, 0.3) is 0 Å². The number of ether oxygens (including phenoxy) is 5. The highest BCUT2D eigenvalue weighted by molar-refractivity contribution is 5.72. The van der Waals surface area contributed by atoms with Gasteiger partial charge in [0.1, 0.15) is 11.7 Å². The Morgan fingerprint density at radius 1 is 0.841 bits per heavy atom. The first kappa shape index (κ1) is 36.1. The molecule has 1 fully saturated rings. The molecular formula is C36H55NO7. The highest BCUT2D eigenvalue weighted by atomic mass is 16.7. The zero-order valence-corrected chi connectivity index (χ0v) is 27.5. The van der Waals surface area contributed by atoms with Crippen LogP contribution in [0, 0.1) is 11.8 Å². The van der Waals surface area contributed by atoms with Crippen LogP contribution in [0.15, 0.2) is 60.7 Å². The molecule has 8 nitrogen and oxygen atoms in total. The van der Waals surface area contributed by atoms with Crippen LogP contribution < -0.4 is 0 Å². The van der Waals surface area contributed by atoms with E-state index in [4.69, 9.17) is 28.8 Å². The number of hydrogen-bond acceptors (Lipinski definition) is 8. The van der Waals surface area contributed by atoms with E-state index in [0.29, 0.717) is 33.0 Å². The third kappa shape index (κ3) is 13.3. The molecule has 8 heteroatoms. The summed E-state index contributed by atoms with van der Waals surface area (Å²) in [7, 11) is 0. The van der Waals surface area contributed by atoms with Crippen LogP contribution in [0.25, 0.3) is 0 Å². The molecule has 246 valence electrons. The van der Waals surface area contributed by atoms with E-state index in [1.54, 1.807) is 0 Å². The molecule has 1 saturated heterocycles. The predicted molar refractivity (Wildman–Crippen MR) is 172 cm³/mol. The summed E-state index contributed by atoms with van der Waals surface area (Å²) in [5, 5.41) is 9.10. The average molecular weight is 614 g/mol. The lowest BCUT2D eigenvalue weighted by atomic mass is 9.83. The number of aliphatic hydroxyl groups is 1. The maximum absolute atomic E-state index is 12.7. The standard InChI is InChI=1S/C36H55NO7/c1-28-29(2)34(41-23-21-37(20-14-6-7-15-22-38)24-33(39)44-36(3,4)5)35(42-26-31-18-12-9-13-19-31)43-32(28)27-40-25-30-16-10-8-11-17-30/h8-13,16-19,28-29,32,34-35,38H,6-7,14-15,20-27H2,1-5H3/t28-,29-,32?,34?,35-/m0/s1. The van der Waals surface area contributed by atoms with E-state index in [-0.39, 0.29) is 43.2 Å². The summed E-state index contributed by atoms with van der Waals surface area (Å²) in [6.45, 7) is 13.7. The number of rotatable bonds is 19. The lowest BCUT2D eigenvalue weighted by Gasteiger charge is -2.44. The minimum Gasteiger partial charge on any atom is -0.459 e. The van der Waals surface area contributed by atoms with Gasteiger partial charge in [-0.2, -0.15) is 0 Å². The number of unbranched alkanes of at least 4 members (excludes halogenated alkanes) is 3. The Kier molecular flexibility index (Phi) is 15.8. The van der Waals surface area contributed by atoms with Crippen LogP contribution in [-0.2, 0) is 41.7 Å².